The molecule has 0 amide bonds. The smallest absolute Gasteiger partial charge is 0.149 e. The molecule has 0 aliphatic heterocycles. The van der Waals surface area contributed by atoms with Crippen LogP contribution in [0.25, 0.3) is 71.9 Å². The first-order valence-electron chi connectivity index (χ1n) is 17.2. The van der Waals surface area contributed by atoms with Crippen LogP contribution in [0.2, 0.25) is 0 Å². The number of benzene rings is 6. The average molecular weight is 588 g/mol. The molecule has 0 saturated carbocycles. The van der Waals surface area contributed by atoms with Crippen molar-refractivity contribution in [1.29, 1.82) is 0 Å². The van der Waals surface area contributed by atoms with Gasteiger partial charge in [0.05, 0.1) is 22.3 Å². The van der Waals surface area contributed by atoms with Gasteiger partial charge in [-0.25, -0.2) is 4.98 Å². The number of nitrogens with zero attached hydrogens (tertiary/aromatic N) is 2. The molecule has 0 spiro atoms. The third kappa shape index (κ3) is 4.45. The lowest BCUT2D eigenvalue weighted by molar-refractivity contribution is 0.670. The van der Waals surface area contributed by atoms with E-state index in [0.717, 1.165) is 49.5 Å². The van der Waals surface area contributed by atoms with E-state index < -0.39 is 6.85 Å². The van der Waals surface area contributed by atoms with Crippen molar-refractivity contribution in [1.82, 2.24) is 9.55 Å². The number of imidazole rings is 1. The summed E-state index contributed by atoms with van der Waals surface area (Å²) < 4.78 is 32.7. The molecule has 2 heterocycles. The maximum atomic E-state index is 7.90. The number of furan rings is 1. The summed E-state index contributed by atoms with van der Waals surface area (Å²) in [6.07, 6.45) is 0. The van der Waals surface area contributed by atoms with E-state index in [0.29, 0.717) is 11.1 Å². The summed E-state index contributed by atoms with van der Waals surface area (Å²) in [6, 6.07) is 39.3. The molecule has 0 aliphatic rings. The standard InChI is InChI=1S/C42H36N2O/c1-25(2)34-22-31(28-12-7-6-8-13-28)23-35(26(3)4)40(34)44-38-17-10-9-16-37(38)43-42(44)33-15-11-14-32-36-21-29-19-18-27(5)20-30(29)24-39(36)45-41(32)33/h6-26H,1-5H3/i5D3. The van der Waals surface area contributed by atoms with Gasteiger partial charge in [-0.2, -0.15) is 0 Å². The van der Waals surface area contributed by atoms with Gasteiger partial charge in [-0.1, -0.05) is 106 Å². The SMILES string of the molecule is [2H]C([2H])([2H])c1ccc2cc3c(cc2c1)oc1c(-c2nc4ccccc4n2-c2c(C(C)C)cc(-c4ccccc4)cc2C(C)C)cccc13. The Morgan fingerprint density at radius 2 is 1.42 bits per heavy atom. The molecule has 0 atom stereocenters. The Labute approximate surface area is 268 Å². The van der Waals surface area contributed by atoms with Crippen molar-refractivity contribution in [2.75, 3.05) is 0 Å². The number of para-hydroxylation sites is 3. The van der Waals surface area contributed by atoms with Gasteiger partial charge in [0.25, 0.3) is 0 Å². The van der Waals surface area contributed by atoms with Crippen LogP contribution in [0.5, 0.6) is 0 Å². The number of aryl methyl sites for hydroxylation is 1. The van der Waals surface area contributed by atoms with Gasteiger partial charge >= 0.3 is 0 Å². The highest BCUT2D eigenvalue weighted by molar-refractivity contribution is 6.13. The maximum absolute atomic E-state index is 7.90. The number of hydrogen-bond acceptors (Lipinski definition) is 2. The minimum absolute atomic E-state index is 0.254. The lowest BCUT2D eigenvalue weighted by Gasteiger charge is -2.24. The lowest BCUT2D eigenvalue weighted by atomic mass is 9.88. The molecule has 3 heteroatoms. The zero-order valence-corrected chi connectivity index (χ0v) is 25.9. The van der Waals surface area contributed by atoms with Gasteiger partial charge in [-0.05, 0) is 94.2 Å². The zero-order valence-electron chi connectivity index (χ0n) is 28.9. The zero-order chi connectivity index (χ0) is 33.3. The molecule has 6 aromatic carbocycles. The molecule has 0 unspecified atom stereocenters. The third-order valence-electron chi connectivity index (χ3n) is 9.00. The number of fused-ring (bicyclic) bond motifs is 5. The van der Waals surface area contributed by atoms with Crippen LogP contribution in [0.4, 0.5) is 0 Å². The largest absolute Gasteiger partial charge is 0.455 e. The van der Waals surface area contributed by atoms with Crippen molar-refractivity contribution >= 4 is 43.7 Å². The molecule has 0 aliphatic carbocycles. The molecule has 0 saturated heterocycles. The van der Waals surface area contributed by atoms with E-state index in [-0.39, 0.29) is 11.8 Å². The van der Waals surface area contributed by atoms with Crippen molar-refractivity contribution in [3.05, 3.63) is 132 Å². The Morgan fingerprint density at radius 3 is 2.18 bits per heavy atom. The molecule has 45 heavy (non-hydrogen) atoms. The van der Waals surface area contributed by atoms with Crippen LogP contribution in [0.3, 0.4) is 0 Å². The summed E-state index contributed by atoms with van der Waals surface area (Å²) in [5.74, 6) is 1.33. The summed E-state index contributed by atoms with van der Waals surface area (Å²) in [5.41, 5.74) is 10.8. The minimum Gasteiger partial charge on any atom is -0.455 e. The van der Waals surface area contributed by atoms with E-state index in [1.165, 1.54) is 27.9 Å². The third-order valence-corrected chi connectivity index (χ3v) is 9.00. The molecule has 2 aromatic heterocycles. The molecule has 8 aromatic rings. The normalized spacial score (nSPS) is 13.3. The number of hydrogen-bond donors (Lipinski definition) is 0. The van der Waals surface area contributed by atoms with Crippen LogP contribution >= 0.6 is 0 Å². The van der Waals surface area contributed by atoms with Gasteiger partial charge in [0.15, 0.2) is 0 Å². The topological polar surface area (TPSA) is 31.0 Å². The predicted molar refractivity (Wildman–Crippen MR) is 190 cm³/mol. The Hall–Kier alpha value is -5.15. The highest BCUT2D eigenvalue weighted by atomic mass is 16.3. The first-order valence-corrected chi connectivity index (χ1v) is 15.7. The minimum atomic E-state index is -2.17. The monoisotopic (exact) mass is 587 g/mol. The Balaban J connectivity index is 1.42. The van der Waals surface area contributed by atoms with Crippen LogP contribution in [0, 0.1) is 6.85 Å². The second kappa shape index (κ2) is 10.5. The van der Waals surface area contributed by atoms with Crippen LogP contribution in [0.15, 0.2) is 120 Å². The molecule has 0 N–H and O–H groups in total. The van der Waals surface area contributed by atoms with Gasteiger partial charge in [-0.3, -0.25) is 4.57 Å². The second-order valence-corrected chi connectivity index (χ2v) is 12.6. The highest BCUT2D eigenvalue weighted by Gasteiger charge is 2.25. The molecule has 0 fully saturated rings. The molecule has 220 valence electrons. The van der Waals surface area contributed by atoms with Gasteiger partial charge in [-0.15, -0.1) is 0 Å². The van der Waals surface area contributed by atoms with Gasteiger partial charge in [0.2, 0.25) is 0 Å². The Kier molecular flexibility index (Phi) is 5.64. The first-order chi connectivity index (χ1) is 23.1. The van der Waals surface area contributed by atoms with Crippen molar-refractivity contribution in [3.8, 4) is 28.2 Å². The molecular weight excluding hydrogens is 548 g/mol. The van der Waals surface area contributed by atoms with Crippen molar-refractivity contribution < 1.29 is 8.53 Å². The Bertz CT molecular complexity index is 2470. The van der Waals surface area contributed by atoms with E-state index in [1.807, 2.05) is 18.2 Å². The summed E-state index contributed by atoms with van der Waals surface area (Å²) in [6.45, 7) is 6.88. The van der Waals surface area contributed by atoms with E-state index in [4.69, 9.17) is 13.5 Å². The summed E-state index contributed by atoms with van der Waals surface area (Å²) in [5, 5.41) is 3.79. The highest BCUT2D eigenvalue weighted by Crippen LogP contribution is 2.43. The Morgan fingerprint density at radius 1 is 0.667 bits per heavy atom. The van der Waals surface area contributed by atoms with E-state index in [2.05, 4.69) is 117 Å². The van der Waals surface area contributed by atoms with Crippen LogP contribution < -0.4 is 0 Å². The van der Waals surface area contributed by atoms with Crippen LogP contribution in [-0.2, 0) is 0 Å². The van der Waals surface area contributed by atoms with Crippen molar-refractivity contribution in [3.63, 3.8) is 0 Å². The number of rotatable bonds is 5. The summed E-state index contributed by atoms with van der Waals surface area (Å²) >= 11 is 0. The van der Waals surface area contributed by atoms with Gasteiger partial charge in [0.1, 0.15) is 17.0 Å². The van der Waals surface area contributed by atoms with E-state index in [1.54, 1.807) is 12.1 Å². The van der Waals surface area contributed by atoms with E-state index in [9.17, 15) is 0 Å². The fraction of sp³-hybridized carbons (Fsp3) is 0.167. The molecule has 0 radical (unpaired) electrons. The van der Waals surface area contributed by atoms with E-state index >= 15 is 0 Å². The average Bonchev–Trinajstić information content (AvgIpc) is 3.64. The van der Waals surface area contributed by atoms with Gasteiger partial charge in [0, 0.05) is 14.9 Å². The predicted octanol–water partition coefficient (Wildman–Crippen LogP) is 12.0. The lowest BCUT2D eigenvalue weighted by Crippen LogP contribution is -2.09. The maximum Gasteiger partial charge on any atom is 0.149 e. The van der Waals surface area contributed by atoms with Crippen LogP contribution in [0.1, 0.15) is 60.3 Å². The van der Waals surface area contributed by atoms with Crippen molar-refractivity contribution in [2.24, 2.45) is 0 Å². The second-order valence-electron chi connectivity index (χ2n) is 12.6. The molecule has 8 rings (SSSR count). The molecular formula is C42H36N2O. The fourth-order valence-corrected chi connectivity index (χ4v) is 6.77. The first kappa shape index (κ1) is 24.2. The van der Waals surface area contributed by atoms with Crippen LogP contribution in [-0.4, -0.2) is 9.55 Å². The summed E-state index contributed by atoms with van der Waals surface area (Å²) in [4.78, 5) is 5.30. The van der Waals surface area contributed by atoms with Gasteiger partial charge < -0.3 is 4.42 Å². The summed E-state index contributed by atoms with van der Waals surface area (Å²) in [7, 11) is 0. The van der Waals surface area contributed by atoms with Crippen molar-refractivity contribution in [2.45, 2.75) is 46.4 Å². The fourth-order valence-electron chi connectivity index (χ4n) is 6.77. The quantitative estimate of drug-likeness (QED) is 0.200. The molecule has 3 nitrogen and oxygen atoms in total. The number of aromatic nitrogens is 2. The molecule has 0 bridgehead atoms.